The Morgan fingerprint density at radius 3 is 0.935 bits per heavy atom. The third kappa shape index (κ3) is 6.15. The molecule has 0 spiro atoms. The van der Waals surface area contributed by atoms with Crippen LogP contribution in [0.25, 0.3) is 0 Å². The molecule has 0 heterocycles. The molecule has 228 valence electrons. The van der Waals surface area contributed by atoms with Gasteiger partial charge in [-0.2, -0.15) is 9.48 Å². The predicted molar refractivity (Wildman–Crippen MR) is 197 cm³/mol. The van der Waals surface area contributed by atoms with Crippen LogP contribution in [0, 0.1) is 41.5 Å². The second-order valence-electron chi connectivity index (χ2n) is 12.4. The zero-order chi connectivity index (χ0) is 32.3. The fraction of sp³-hybridized carbons (Fsp3) is 0.140. The Bertz CT molecular complexity index is 1780. The molecule has 3 nitrogen and oxygen atoms in total. The predicted octanol–water partition coefficient (Wildman–Crippen LogP) is 12.0. The van der Waals surface area contributed by atoms with E-state index in [4.69, 9.17) is 4.99 Å². The first-order valence-electron chi connectivity index (χ1n) is 15.9. The van der Waals surface area contributed by atoms with Crippen molar-refractivity contribution in [3.8, 4) is 0 Å². The zero-order valence-corrected chi connectivity index (χ0v) is 27.7. The highest BCUT2D eigenvalue weighted by Gasteiger charge is 2.47. The molecule has 0 N–H and O–H groups in total. The number of aliphatic imine (C=N–C) groups is 1. The van der Waals surface area contributed by atoms with Crippen LogP contribution >= 0.6 is 0 Å². The SMILES string of the molecule is Cc1ccc(N=C(N(c2ccc(C)cc2)c2ccc(C)cc2)[N+](c2ccc(C)cc2)(c2ccc(C)cc2)c2ccc(C)cc2)cc1. The van der Waals surface area contributed by atoms with Crippen molar-refractivity contribution in [1.82, 2.24) is 4.48 Å². The summed E-state index contributed by atoms with van der Waals surface area (Å²) < 4.78 is 0.260. The Kier molecular flexibility index (Phi) is 8.70. The summed E-state index contributed by atoms with van der Waals surface area (Å²) in [6.07, 6.45) is 0. The van der Waals surface area contributed by atoms with Gasteiger partial charge in [0.2, 0.25) is 0 Å². The summed E-state index contributed by atoms with van der Waals surface area (Å²) in [7, 11) is 0. The number of anilines is 2. The molecule has 0 amide bonds. The van der Waals surface area contributed by atoms with Crippen LogP contribution in [-0.2, 0) is 0 Å². The van der Waals surface area contributed by atoms with Crippen molar-refractivity contribution in [3.05, 3.63) is 179 Å². The van der Waals surface area contributed by atoms with Gasteiger partial charge in [0.25, 0.3) is 0 Å². The minimum atomic E-state index is 0.260. The van der Waals surface area contributed by atoms with Crippen LogP contribution in [0.5, 0.6) is 0 Å². The number of hydrogen-bond acceptors (Lipinski definition) is 1. The fourth-order valence-electron chi connectivity index (χ4n) is 5.88. The Morgan fingerprint density at radius 1 is 0.370 bits per heavy atom. The monoisotopic (exact) mass is 600 g/mol. The van der Waals surface area contributed by atoms with E-state index in [0.29, 0.717) is 0 Å². The summed E-state index contributed by atoms with van der Waals surface area (Å²) in [4.78, 5) is 8.01. The molecule has 0 aromatic heterocycles. The molecule has 3 heteroatoms. The Morgan fingerprint density at radius 2 is 0.630 bits per heavy atom. The average Bonchev–Trinajstić information content (AvgIpc) is 3.06. The molecule has 0 saturated heterocycles. The lowest BCUT2D eigenvalue weighted by molar-refractivity contribution is 0.731. The molecule has 0 radical (unpaired) electrons. The quantitative estimate of drug-likeness (QED) is 0.105. The highest BCUT2D eigenvalue weighted by Crippen LogP contribution is 2.48. The molecule has 0 aliphatic rings. The van der Waals surface area contributed by atoms with Crippen molar-refractivity contribution in [3.63, 3.8) is 0 Å². The van der Waals surface area contributed by atoms with Gasteiger partial charge in [-0.05, 0) is 77.9 Å². The van der Waals surface area contributed by atoms with Gasteiger partial charge in [-0.25, -0.2) is 4.90 Å². The molecule has 0 aliphatic heterocycles. The molecule has 6 aromatic rings. The Hall–Kier alpha value is -5.25. The number of rotatable bonds is 6. The summed E-state index contributed by atoms with van der Waals surface area (Å²) >= 11 is 0. The molecule has 0 aliphatic carbocycles. The van der Waals surface area contributed by atoms with Crippen LogP contribution in [0.1, 0.15) is 33.4 Å². The maximum absolute atomic E-state index is 5.68. The number of aryl methyl sites for hydroxylation is 6. The van der Waals surface area contributed by atoms with E-state index in [-0.39, 0.29) is 4.48 Å². The van der Waals surface area contributed by atoms with E-state index in [2.05, 4.69) is 192 Å². The molecule has 0 saturated carbocycles. The van der Waals surface area contributed by atoms with E-state index in [1.54, 1.807) is 0 Å². The molecular weight excluding hydrogens is 558 g/mol. The van der Waals surface area contributed by atoms with E-state index in [9.17, 15) is 0 Å². The number of nitrogens with zero attached hydrogens (tertiary/aromatic N) is 3. The van der Waals surface area contributed by atoms with Gasteiger partial charge in [-0.3, -0.25) is 0 Å². The van der Waals surface area contributed by atoms with Crippen molar-refractivity contribution in [1.29, 1.82) is 0 Å². The Balaban J connectivity index is 1.81. The number of benzene rings is 6. The Labute approximate surface area is 274 Å². The van der Waals surface area contributed by atoms with E-state index < -0.39 is 0 Å². The lowest BCUT2D eigenvalue weighted by Crippen LogP contribution is -2.53. The standard InChI is InChI=1S/C43H42N3/c1-31-7-19-37(20-8-31)44-43(45(38-21-9-32(2)10-22-38)39-23-11-33(3)12-24-39)46(40-25-13-34(4)14-26-40,41-27-15-35(5)16-28-41)42-29-17-36(6)18-30-42/h7-30H,1-6H3/q+1. The van der Waals surface area contributed by atoms with E-state index in [1.165, 1.54) is 33.4 Å². The molecule has 0 unspecified atom stereocenters. The van der Waals surface area contributed by atoms with Crippen molar-refractivity contribution < 1.29 is 0 Å². The van der Waals surface area contributed by atoms with Crippen LogP contribution in [0.15, 0.2) is 151 Å². The van der Waals surface area contributed by atoms with E-state index in [1.807, 2.05) is 0 Å². The van der Waals surface area contributed by atoms with Crippen molar-refractivity contribution in [2.24, 2.45) is 4.99 Å². The smallest absolute Gasteiger partial charge is 0.248 e. The second kappa shape index (κ2) is 13.0. The fourth-order valence-corrected chi connectivity index (χ4v) is 5.88. The largest absolute Gasteiger partial charge is 0.330 e. The molecule has 6 aromatic carbocycles. The molecule has 0 fully saturated rings. The highest BCUT2D eigenvalue weighted by molar-refractivity contribution is 6.16. The maximum atomic E-state index is 5.68. The summed E-state index contributed by atoms with van der Waals surface area (Å²) in [5.74, 6) is 0.841. The molecule has 46 heavy (non-hydrogen) atoms. The van der Waals surface area contributed by atoms with Crippen molar-refractivity contribution in [2.75, 3.05) is 4.90 Å². The normalized spacial score (nSPS) is 11.8. The van der Waals surface area contributed by atoms with Crippen LogP contribution in [0.3, 0.4) is 0 Å². The summed E-state index contributed by atoms with van der Waals surface area (Å²) in [5, 5.41) is 0. The number of guanidine groups is 1. The molecule has 0 bridgehead atoms. The first-order chi connectivity index (χ1) is 22.2. The highest BCUT2D eigenvalue weighted by atomic mass is 15.5. The van der Waals surface area contributed by atoms with Gasteiger partial charge >= 0.3 is 5.96 Å². The number of hydrogen-bond donors (Lipinski definition) is 0. The van der Waals surface area contributed by atoms with Gasteiger partial charge in [-0.1, -0.05) is 106 Å². The average molecular weight is 601 g/mol. The minimum absolute atomic E-state index is 0.260. The van der Waals surface area contributed by atoms with Crippen molar-refractivity contribution in [2.45, 2.75) is 41.5 Å². The molecule has 6 rings (SSSR count). The van der Waals surface area contributed by atoms with Gasteiger partial charge in [0.15, 0.2) is 17.1 Å². The zero-order valence-electron chi connectivity index (χ0n) is 27.7. The lowest BCUT2D eigenvalue weighted by atomic mass is 10.1. The van der Waals surface area contributed by atoms with Gasteiger partial charge in [-0.15, -0.1) is 0 Å². The molecular formula is C43H42N3+. The third-order valence-corrected chi connectivity index (χ3v) is 8.61. The maximum Gasteiger partial charge on any atom is 0.330 e. The van der Waals surface area contributed by atoms with Crippen molar-refractivity contribution >= 4 is 40.1 Å². The van der Waals surface area contributed by atoms with Crippen LogP contribution in [0.2, 0.25) is 0 Å². The van der Waals surface area contributed by atoms with Crippen LogP contribution in [-0.4, -0.2) is 5.96 Å². The van der Waals surface area contributed by atoms with Crippen LogP contribution in [0.4, 0.5) is 34.1 Å². The number of quaternary nitrogens is 1. The van der Waals surface area contributed by atoms with E-state index >= 15 is 0 Å². The summed E-state index contributed by atoms with van der Waals surface area (Å²) in [5.41, 5.74) is 13.5. The van der Waals surface area contributed by atoms with Crippen LogP contribution < -0.4 is 9.38 Å². The first-order valence-corrected chi connectivity index (χ1v) is 15.9. The summed E-state index contributed by atoms with van der Waals surface area (Å²) in [6, 6.07) is 52.8. The second-order valence-corrected chi connectivity index (χ2v) is 12.4. The molecule has 0 atom stereocenters. The van der Waals surface area contributed by atoms with Gasteiger partial charge in [0, 0.05) is 36.4 Å². The summed E-state index contributed by atoms with van der Waals surface area (Å²) in [6.45, 7) is 12.8. The van der Waals surface area contributed by atoms with Gasteiger partial charge in [0.05, 0.1) is 17.1 Å². The lowest BCUT2D eigenvalue weighted by Gasteiger charge is -2.41. The topological polar surface area (TPSA) is 15.6 Å². The van der Waals surface area contributed by atoms with Gasteiger partial charge < -0.3 is 0 Å². The minimum Gasteiger partial charge on any atom is -0.248 e. The third-order valence-electron chi connectivity index (χ3n) is 8.61. The first kappa shape index (κ1) is 30.8. The van der Waals surface area contributed by atoms with E-state index in [0.717, 1.165) is 40.1 Å². The van der Waals surface area contributed by atoms with Gasteiger partial charge in [0.1, 0.15) is 0 Å².